The first-order valence-corrected chi connectivity index (χ1v) is 12.0. The zero-order valence-electron chi connectivity index (χ0n) is 19.8. The van der Waals surface area contributed by atoms with Crippen molar-refractivity contribution in [2.75, 3.05) is 56.1 Å². The van der Waals surface area contributed by atoms with E-state index in [-0.39, 0.29) is 5.56 Å². The van der Waals surface area contributed by atoms with E-state index >= 15 is 0 Å². The Morgan fingerprint density at radius 2 is 1.74 bits per heavy atom. The molecule has 2 aromatic heterocycles. The molecule has 1 aromatic carbocycles. The number of halogens is 1. The van der Waals surface area contributed by atoms with E-state index in [0.29, 0.717) is 23.1 Å². The summed E-state index contributed by atoms with van der Waals surface area (Å²) in [6.07, 6.45) is 4.77. The van der Waals surface area contributed by atoms with Gasteiger partial charge in [0.1, 0.15) is 0 Å². The van der Waals surface area contributed by atoms with Gasteiger partial charge < -0.3 is 14.7 Å². The molecule has 3 aromatic rings. The smallest absolute Gasteiger partial charge is 0.255 e. The first-order valence-electron chi connectivity index (χ1n) is 12.0. The monoisotopic (exact) mass is 462 g/mol. The summed E-state index contributed by atoms with van der Waals surface area (Å²) in [5, 5.41) is 0. The van der Waals surface area contributed by atoms with Crippen molar-refractivity contribution in [3.8, 4) is 11.3 Å². The molecule has 178 valence electrons. The minimum Gasteiger partial charge on any atom is -0.369 e. The van der Waals surface area contributed by atoms with Crippen LogP contribution in [0.1, 0.15) is 24.3 Å². The van der Waals surface area contributed by atoms with Gasteiger partial charge in [-0.05, 0) is 43.7 Å². The Bertz CT molecular complexity index is 1200. The van der Waals surface area contributed by atoms with E-state index in [1.165, 1.54) is 23.5 Å². The molecule has 0 N–H and O–H groups in total. The molecule has 1 unspecified atom stereocenters. The number of pyridine rings is 1. The standard InChI is InChI=1S/C26H31FN6O/c1-30-12-14-32(15-13-30)21-7-5-19(6-8-21)20-4-3-11-33(18-20)26-29-24(16-25(34)31(26)2)22-9-10-28-17-23(22)27/h5-10,16-17,20H,3-4,11-15,18H2,1-2H3. The van der Waals surface area contributed by atoms with Crippen LogP contribution in [0.2, 0.25) is 0 Å². The van der Waals surface area contributed by atoms with Gasteiger partial charge in [-0.25, -0.2) is 9.37 Å². The third-order valence-electron chi connectivity index (χ3n) is 7.10. The summed E-state index contributed by atoms with van der Waals surface area (Å²) in [5.74, 6) is 0.456. The number of hydrogen-bond acceptors (Lipinski definition) is 6. The van der Waals surface area contributed by atoms with E-state index in [1.807, 2.05) is 0 Å². The van der Waals surface area contributed by atoms with Crippen LogP contribution in [0, 0.1) is 5.82 Å². The van der Waals surface area contributed by atoms with Gasteiger partial charge in [-0.1, -0.05) is 12.1 Å². The van der Waals surface area contributed by atoms with Gasteiger partial charge in [0, 0.05) is 75.7 Å². The van der Waals surface area contributed by atoms with Crippen LogP contribution < -0.4 is 15.4 Å². The van der Waals surface area contributed by atoms with Gasteiger partial charge in [0.25, 0.3) is 5.56 Å². The molecular weight excluding hydrogens is 431 g/mol. The highest BCUT2D eigenvalue weighted by Gasteiger charge is 2.25. The molecule has 2 aliphatic rings. The molecule has 2 saturated heterocycles. The molecule has 8 heteroatoms. The summed E-state index contributed by atoms with van der Waals surface area (Å²) in [4.78, 5) is 28.2. The second-order valence-electron chi connectivity index (χ2n) is 9.36. The highest BCUT2D eigenvalue weighted by Crippen LogP contribution is 2.31. The summed E-state index contributed by atoms with van der Waals surface area (Å²) in [7, 11) is 3.90. The van der Waals surface area contributed by atoms with Gasteiger partial charge in [0.05, 0.1) is 11.9 Å². The molecule has 2 aliphatic heterocycles. The normalized spacial score (nSPS) is 19.4. The molecular formula is C26H31FN6O. The van der Waals surface area contributed by atoms with Gasteiger partial charge in [0.2, 0.25) is 5.95 Å². The van der Waals surface area contributed by atoms with E-state index in [9.17, 15) is 9.18 Å². The summed E-state index contributed by atoms with van der Waals surface area (Å²) in [6, 6.07) is 11.9. The molecule has 0 radical (unpaired) electrons. The molecule has 0 aliphatic carbocycles. The van der Waals surface area contributed by atoms with Gasteiger partial charge in [-0.3, -0.25) is 14.3 Å². The highest BCUT2D eigenvalue weighted by molar-refractivity contribution is 5.60. The predicted molar refractivity (Wildman–Crippen MR) is 133 cm³/mol. The minimum atomic E-state index is -0.480. The van der Waals surface area contributed by atoms with E-state index in [4.69, 9.17) is 4.98 Å². The third-order valence-corrected chi connectivity index (χ3v) is 7.10. The van der Waals surface area contributed by atoms with Crippen LogP contribution >= 0.6 is 0 Å². The lowest BCUT2D eigenvalue weighted by molar-refractivity contribution is 0.313. The molecule has 0 saturated carbocycles. The maximum Gasteiger partial charge on any atom is 0.255 e. The Morgan fingerprint density at radius 3 is 2.47 bits per heavy atom. The topological polar surface area (TPSA) is 57.5 Å². The number of piperazine rings is 1. The van der Waals surface area contributed by atoms with Crippen molar-refractivity contribution < 1.29 is 4.39 Å². The fourth-order valence-electron chi connectivity index (χ4n) is 4.98. The molecule has 5 rings (SSSR count). The summed E-state index contributed by atoms with van der Waals surface area (Å²) in [5.41, 5.74) is 3.03. The Morgan fingerprint density at radius 1 is 0.971 bits per heavy atom. The molecule has 7 nitrogen and oxygen atoms in total. The number of anilines is 2. The van der Waals surface area contributed by atoms with Crippen molar-refractivity contribution in [2.45, 2.75) is 18.8 Å². The van der Waals surface area contributed by atoms with Crippen LogP contribution in [-0.4, -0.2) is 65.8 Å². The molecule has 0 amide bonds. The lowest BCUT2D eigenvalue weighted by Crippen LogP contribution is -2.44. The zero-order chi connectivity index (χ0) is 23.7. The number of nitrogens with zero attached hydrogens (tertiary/aromatic N) is 6. The average molecular weight is 463 g/mol. The molecule has 34 heavy (non-hydrogen) atoms. The highest BCUT2D eigenvalue weighted by atomic mass is 19.1. The first kappa shape index (κ1) is 22.5. The maximum absolute atomic E-state index is 14.3. The summed E-state index contributed by atoms with van der Waals surface area (Å²) >= 11 is 0. The van der Waals surface area contributed by atoms with E-state index in [1.54, 1.807) is 17.7 Å². The van der Waals surface area contributed by atoms with Crippen molar-refractivity contribution >= 4 is 11.6 Å². The van der Waals surface area contributed by atoms with Crippen LogP contribution in [0.5, 0.6) is 0 Å². The summed E-state index contributed by atoms with van der Waals surface area (Å²) in [6.45, 7) is 5.89. The molecule has 4 heterocycles. The molecule has 0 bridgehead atoms. The number of hydrogen-bond donors (Lipinski definition) is 0. The Labute approximate surface area is 199 Å². The Balaban J connectivity index is 1.36. The second kappa shape index (κ2) is 9.54. The zero-order valence-corrected chi connectivity index (χ0v) is 19.8. The SMILES string of the molecule is CN1CCN(c2ccc(C3CCCN(c4nc(-c5ccncc5F)cc(=O)n4C)C3)cc2)CC1. The number of rotatable bonds is 4. The number of aromatic nitrogens is 3. The first-order chi connectivity index (χ1) is 16.5. The maximum atomic E-state index is 14.3. The van der Waals surface area contributed by atoms with Gasteiger partial charge in [-0.15, -0.1) is 0 Å². The minimum absolute atomic E-state index is 0.199. The van der Waals surface area contributed by atoms with Crippen molar-refractivity contribution in [1.82, 2.24) is 19.4 Å². The van der Waals surface area contributed by atoms with Crippen molar-refractivity contribution in [1.29, 1.82) is 0 Å². The lowest BCUT2D eigenvalue weighted by Gasteiger charge is -2.35. The van der Waals surface area contributed by atoms with E-state index in [2.05, 4.69) is 51.0 Å². The predicted octanol–water partition coefficient (Wildman–Crippen LogP) is 3.12. The van der Waals surface area contributed by atoms with E-state index in [0.717, 1.165) is 58.3 Å². The Kier molecular flexibility index (Phi) is 6.32. The van der Waals surface area contributed by atoms with Crippen LogP contribution in [0.15, 0.2) is 53.6 Å². The van der Waals surface area contributed by atoms with Crippen molar-refractivity contribution in [2.24, 2.45) is 7.05 Å². The molecule has 2 fully saturated rings. The fraction of sp³-hybridized carbons (Fsp3) is 0.423. The van der Waals surface area contributed by atoms with Crippen LogP contribution in [0.4, 0.5) is 16.0 Å². The van der Waals surface area contributed by atoms with Gasteiger partial charge in [-0.2, -0.15) is 0 Å². The van der Waals surface area contributed by atoms with Gasteiger partial charge in [0.15, 0.2) is 5.82 Å². The third kappa shape index (κ3) is 4.55. The second-order valence-corrected chi connectivity index (χ2v) is 9.36. The quantitative estimate of drug-likeness (QED) is 0.594. The Hall–Kier alpha value is -3.26. The largest absolute Gasteiger partial charge is 0.369 e. The number of piperidine rings is 1. The van der Waals surface area contributed by atoms with Gasteiger partial charge >= 0.3 is 0 Å². The molecule has 1 atom stereocenters. The summed E-state index contributed by atoms with van der Waals surface area (Å²) < 4.78 is 15.9. The number of likely N-dealkylation sites (N-methyl/N-ethyl adjacent to an activating group) is 1. The van der Waals surface area contributed by atoms with Crippen molar-refractivity contribution in [3.05, 3.63) is 70.5 Å². The fourth-order valence-corrected chi connectivity index (χ4v) is 4.98. The van der Waals surface area contributed by atoms with E-state index < -0.39 is 5.82 Å². The van der Waals surface area contributed by atoms with Crippen molar-refractivity contribution in [3.63, 3.8) is 0 Å². The number of benzene rings is 1. The lowest BCUT2D eigenvalue weighted by atomic mass is 9.90. The van der Waals surface area contributed by atoms with Crippen LogP contribution in [0.3, 0.4) is 0 Å². The van der Waals surface area contributed by atoms with Crippen LogP contribution in [-0.2, 0) is 7.05 Å². The molecule has 0 spiro atoms. The van der Waals surface area contributed by atoms with Crippen LogP contribution in [0.25, 0.3) is 11.3 Å². The average Bonchev–Trinajstić information content (AvgIpc) is 2.87.